The van der Waals surface area contributed by atoms with Crippen LogP contribution in [-0.4, -0.2) is 9.78 Å². The third kappa shape index (κ3) is 1.75. The van der Waals surface area contributed by atoms with Gasteiger partial charge in [0.15, 0.2) is 0 Å². The highest BCUT2D eigenvalue weighted by Gasteiger charge is 2.17. The maximum atomic E-state index is 5.92. The molecule has 2 N–H and O–H groups in total. The van der Waals surface area contributed by atoms with Crippen LogP contribution >= 0.6 is 15.9 Å². The Morgan fingerprint density at radius 2 is 2.19 bits per heavy atom. The molecule has 1 unspecified atom stereocenters. The van der Waals surface area contributed by atoms with Crippen molar-refractivity contribution in [2.24, 2.45) is 0 Å². The lowest BCUT2D eigenvalue weighted by Gasteiger charge is -2.13. The first-order chi connectivity index (χ1) is 7.50. The average Bonchev–Trinajstić information content (AvgIpc) is 2.71. The number of furan rings is 1. The van der Waals surface area contributed by atoms with Crippen LogP contribution in [0.25, 0.3) is 0 Å². The van der Waals surface area contributed by atoms with E-state index in [4.69, 9.17) is 10.2 Å². The van der Waals surface area contributed by atoms with Crippen LogP contribution in [0.1, 0.15) is 30.0 Å². The Labute approximate surface area is 103 Å². The number of aryl methyl sites for hydroxylation is 2. The molecule has 0 aliphatic rings. The molecule has 0 spiro atoms. The number of anilines is 1. The maximum Gasteiger partial charge on any atom is 0.136 e. The topological polar surface area (TPSA) is 57.0 Å². The van der Waals surface area contributed by atoms with E-state index in [0.717, 1.165) is 21.6 Å². The lowest BCUT2D eigenvalue weighted by atomic mass is 10.1. The Balaban J connectivity index is 2.42. The van der Waals surface area contributed by atoms with Crippen molar-refractivity contribution in [3.63, 3.8) is 0 Å². The monoisotopic (exact) mass is 283 g/mol. The number of nitrogens with zero attached hydrogens (tertiary/aromatic N) is 2. The molecule has 0 saturated carbocycles. The Hall–Kier alpha value is -1.23. The van der Waals surface area contributed by atoms with Crippen molar-refractivity contribution in [1.82, 2.24) is 9.78 Å². The molecule has 0 radical (unpaired) electrons. The molecule has 16 heavy (non-hydrogen) atoms. The summed E-state index contributed by atoms with van der Waals surface area (Å²) in [5.41, 5.74) is 7.03. The Morgan fingerprint density at radius 3 is 2.62 bits per heavy atom. The smallest absolute Gasteiger partial charge is 0.136 e. The van der Waals surface area contributed by atoms with Crippen molar-refractivity contribution in [2.75, 3.05) is 5.73 Å². The van der Waals surface area contributed by atoms with Gasteiger partial charge in [-0.05, 0) is 42.8 Å². The van der Waals surface area contributed by atoms with E-state index in [1.165, 1.54) is 0 Å². The van der Waals surface area contributed by atoms with Crippen LogP contribution in [0.2, 0.25) is 0 Å². The van der Waals surface area contributed by atoms with Crippen LogP contribution in [0, 0.1) is 13.8 Å². The minimum absolute atomic E-state index is 0.0729. The van der Waals surface area contributed by atoms with E-state index in [1.807, 2.05) is 26.8 Å². The number of halogens is 1. The molecule has 2 aromatic heterocycles. The van der Waals surface area contributed by atoms with Crippen LogP contribution < -0.4 is 5.73 Å². The number of nitrogens with two attached hydrogens (primary N) is 1. The molecule has 0 aromatic carbocycles. The van der Waals surface area contributed by atoms with Gasteiger partial charge in [-0.3, -0.25) is 0 Å². The molecular weight excluding hydrogens is 270 g/mol. The van der Waals surface area contributed by atoms with Gasteiger partial charge in [-0.2, -0.15) is 5.10 Å². The van der Waals surface area contributed by atoms with E-state index in [2.05, 4.69) is 21.0 Å². The molecule has 5 heteroatoms. The molecule has 0 saturated heterocycles. The van der Waals surface area contributed by atoms with Crippen molar-refractivity contribution < 1.29 is 4.42 Å². The SMILES string of the molecule is Cc1cc(C(C)n2ncc(Br)c2N)c(C)o1. The first-order valence-electron chi connectivity index (χ1n) is 5.06. The van der Waals surface area contributed by atoms with Gasteiger partial charge >= 0.3 is 0 Å². The normalized spacial score (nSPS) is 13.0. The summed E-state index contributed by atoms with van der Waals surface area (Å²) < 4.78 is 8.11. The fourth-order valence-electron chi connectivity index (χ4n) is 1.86. The zero-order chi connectivity index (χ0) is 11.9. The molecular formula is C11H14BrN3O. The van der Waals surface area contributed by atoms with E-state index >= 15 is 0 Å². The van der Waals surface area contributed by atoms with Crippen LogP contribution in [0.5, 0.6) is 0 Å². The average molecular weight is 284 g/mol. The quantitative estimate of drug-likeness (QED) is 0.922. The Kier molecular flexibility index (Phi) is 2.80. The highest BCUT2D eigenvalue weighted by atomic mass is 79.9. The summed E-state index contributed by atoms with van der Waals surface area (Å²) in [4.78, 5) is 0. The second-order valence-corrected chi connectivity index (χ2v) is 4.72. The van der Waals surface area contributed by atoms with Gasteiger partial charge in [0.2, 0.25) is 0 Å². The van der Waals surface area contributed by atoms with Crippen molar-refractivity contribution >= 4 is 21.7 Å². The minimum atomic E-state index is 0.0729. The van der Waals surface area contributed by atoms with E-state index < -0.39 is 0 Å². The fourth-order valence-corrected chi connectivity index (χ4v) is 2.13. The van der Waals surface area contributed by atoms with E-state index in [-0.39, 0.29) is 6.04 Å². The number of aromatic nitrogens is 2. The number of hydrogen-bond acceptors (Lipinski definition) is 3. The van der Waals surface area contributed by atoms with Gasteiger partial charge in [0.05, 0.1) is 16.7 Å². The van der Waals surface area contributed by atoms with Crippen LogP contribution in [0.3, 0.4) is 0 Å². The summed E-state index contributed by atoms with van der Waals surface area (Å²) >= 11 is 3.35. The zero-order valence-electron chi connectivity index (χ0n) is 9.49. The molecule has 2 aromatic rings. The summed E-state index contributed by atoms with van der Waals surface area (Å²) in [7, 11) is 0. The predicted molar refractivity (Wildman–Crippen MR) is 66.3 cm³/mol. The minimum Gasteiger partial charge on any atom is -0.466 e. The Bertz CT molecular complexity index is 513. The number of nitrogen functional groups attached to an aromatic ring is 1. The van der Waals surface area contributed by atoms with Gasteiger partial charge in [0, 0.05) is 5.56 Å². The van der Waals surface area contributed by atoms with Gasteiger partial charge in [0.1, 0.15) is 17.3 Å². The number of rotatable bonds is 2. The summed E-state index contributed by atoms with van der Waals surface area (Å²) in [6, 6.07) is 2.10. The third-order valence-corrected chi connectivity index (χ3v) is 3.29. The van der Waals surface area contributed by atoms with Gasteiger partial charge in [-0.1, -0.05) is 0 Å². The molecule has 1 atom stereocenters. The second-order valence-electron chi connectivity index (χ2n) is 3.87. The molecule has 86 valence electrons. The molecule has 4 nitrogen and oxygen atoms in total. The van der Waals surface area contributed by atoms with Gasteiger partial charge in [0.25, 0.3) is 0 Å². The van der Waals surface area contributed by atoms with E-state index in [0.29, 0.717) is 5.82 Å². The number of hydrogen-bond donors (Lipinski definition) is 1. The Morgan fingerprint density at radius 1 is 1.50 bits per heavy atom. The lowest BCUT2D eigenvalue weighted by molar-refractivity contribution is 0.489. The highest BCUT2D eigenvalue weighted by Crippen LogP contribution is 2.28. The second kappa shape index (κ2) is 3.97. The molecule has 2 rings (SSSR count). The maximum absolute atomic E-state index is 5.92. The van der Waals surface area contributed by atoms with Crippen molar-refractivity contribution in [3.05, 3.63) is 33.8 Å². The summed E-state index contributed by atoms with van der Waals surface area (Å²) in [5.74, 6) is 2.45. The van der Waals surface area contributed by atoms with E-state index in [1.54, 1.807) is 10.9 Å². The first kappa shape index (κ1) is 11.3. The molecule has 0 amide bonds. The van der Waals surface area contributed by atoms with Crippen molar-refractivity contribution in [2.45, 2.75) is 26.8 Å². The lowest BCUT2D eigenvalue weighted by Crippen LogP contribution is -2.11. The van der Waals surface area contributed by atoms with Gasteiger partial charge in [-0.25, -0.2) is 4.68 Å². The molecule has 0 fully saturated rings. The highest BCUT2D eigenvalue weighted by molar-refractivity contribution is 9.10. The summed E-state index contributed by atoms with van der Waals surface area (Å²) in [5, 5.41) is 4.25. The summed E-state index contributed by atoms with van der Waals surface area (Å²) in [6.45, 7) is 5.94. The molecule has 0 aliphatic heterocycles. The first-order valence-corrected chi connectivity index (χ1v) is 5.85. The summed E-state index contributed by atoms with van der Waals surface area (Å²) in [6.07, 6.45) is 1.70. The van der Waals surface area contributed by atoms with Crippen molar-refractivity contribution in [1.29, 1.82) is 0 Å². The van der Waals surface area contributed by atoms with Crippen LogP contribution in [0.4, 0.5) is 5.82 Å². The van der Waals surface area contributed by atoms with E-state index in [9.17, 15) is 0 Å². The van der Waals surface area contributed by atoms with Crippen LogP contribution in [-0.2, 0) is 0 Å². The largest absolute Gasteiger partial charge is 0.466 e. The molecule has 0 bridgehead atoms. The van der Waals surface area contributed by atoms with Crippen molar-refractivity contribution in [3.8, 4) is 0 Å². The third-order valence-electron chi connectivity index (χ3n) is 2.68. The standard InChI is InChI=1S/C11H14BrN3O/c1-6-4-9(8(3)16-6)7(2)15-11(13)10(12)5-14-15/h4-5,7H,13H2,1-3H3. The molecule has 2 heterocycles. The molecule has 0 aliphatic carbocycles. The fraction of sp³-hybridized carbons (Fsp3) is 0.364. The predicted octanol–water partition coefficient (Wildman–Crippen LogP) is 3.05. The van der Waals surface area contributed by atoms with Crippen LogP contribution in [0.15, 0.2) is 21.2 Å². The van der Waals surface area contributed by atoms with Gasteiger partial charge < -0.3 is 10.2 Å². The van der Waals surface area contributed by atoms with Gasteiger partial charge in [-0.15, -0.1) is 0 Å². The zero-order valence-corrected chi connectivity index (χ0v) is 11.1.